The van der Waals surface area contributed by atoms with E-state index in [-0.39, 0.29) is 17.9 Å². The molecule has 0 aliphatic heterocycles. The van der Waals surface area contributed by atoms with Crippen molar-refractivity contribution in [3.05, 3.63) is 48.0 Å². The molecule has 2 heterocycles. The number of nitrogens with one attached hydrogen (secondary N) is 2. The van der Waals surface area contributed by atoms with Crippen molar-refractivity contribution < 1.29 is 9.32 Å². The van der Waals surface area contributed by atoms with Gasteiger partial charge in [-0.05, 0) is 74.2 Å². The summed E-state index contributed by atoms with van der Waals surface area (Å²) in [5.74, 6) is 1.76. The van der Waals surface area contributed by atoms with Crippen molar-refractivity contribution in [1.29, 1.82) is 0 Å². The van der Waals surface area contributed by atoms with Crippen LogP contribution < -0.4 is 10.6 Å². The molecule has 1 unspecified atom stereocenters. The molecule has 0 saturated heterocycles. The summed E-state index contributed by atoms with van der Waals surface area (Å²) in [6, 6.07) is 11.6. The van der Waals surface area contributed by atoms with Crippen molar-refractivity contribution in [3.8, 4) is 10.4 Å². The predicted octanol–water partition coefficient (Wildman–Crippen LogP) is 5.14. The summed E-state index contributed by atoms with van der Waals surface area (Å²) in [6.45, 7) is 2.63. The highest BCUT2D eigenvalue weighted by molar-refractivity contribution is 7.94. The van der Waals surface area contributed by atoms with Gasteiger partial charge in [0.2, 0.25) is 5.95 Å². The molecule has 2 aromatic heterocycles. The number of hydrogen-bond donors (Lipinski definition) is 3. The standard InChI is InChI=1S/C24H29N5O2S2/c1-16(15-30)27-23-21(22-3-2-12-32-22)14-25-24(29-23)28-18-6-8-19(9-7-18)33(31,20-10-11-20)26-13-17-4-5-17/h2-3,6-9,12,14,16-17,20,30H,4-5,10-11,13,15H2,1H3,(H2,25,27,28,29)/t16-,33?/m1/s1. The van der Waals surface area contributed by atoms with Crippen LogP contribution in [0.2, 0.25) is 0 Å². The summed E-state index contributed by atoms with van der Waals surface area (Å²) in [7, 11) is -2.34. The second kappa shape index (κ2) is 9.40. The summed E-state index contributed by atoms with van der Waals surface area (Å²) in [6.07, 6.45) is 6.22. The molecule has 0 amide bonds. The first-order chi connectivity index (χ1) is 16.0. The molecular formula is C24H29N5O2S2. The largest absolute Gasteiger partial charge is 0.394 e. The zero-order valence-electron chi connectivity index (χ0n) is 18.6. The second-order valence-corrected chi connectivity index (χ2v) is 12.3. The van der Waals surface area contributed by atoms with Gasteiger partial charge in [-0.3, -0.25) is 0 Å². The quantitative estimate of drug-likeness (QED) is 0.369. The van der Waals surface area contributed by atoms with Crippen LogP contribution in [0.4, 0.5) is 17.5 Å². The van der Waals surface area contributed by atoms with E-state index in [9.17, 15) is 9.32 Å². The molecule has 0 spiro atoms. The van der Waals surface area contributed by atoms with Gasteiger partial charge in [0, 0.05) is 32.9 Å². The summed E-state index contributed by atoms with van der Waals surface area (Å²) in [5, 5.41) is 18.2. The molecule has 2 atom stereocenters. The average Bonchev–Trinajstić information content (AvgIpc) is 3.77. The molecule has 2 aliphatic rings. The molecule has 2 fully saturated rings. The van der Waals surface area contributed by atoms with E-state index in [0.717, 1.165) is 40.4 Å². The molecule has 33 heavy (non-hydrogen) atoms. The topological polar surface area (TPSA) is 99.5 Å². The minimum absolute atomic E-state index is 0.00415. The molecule has 3 N–H and O–H groups in total. The van der Waals surface area contributed by atoms with E-state index < -0.39 is 9.73 Å². The Labute approximate surface area is 198 Å². The van der Waals surface area contributed by atoms with Gasteiger partial charge in [-0.2, -0.15) is 4.98 Å². The van der Waals surface area contributed by atoms with Gasteiger partial charge in [0.15, 0.2) is 0 Å². The van der Waals surface area contributed by atoms with Crippen LogP contribution in [0.15, 0.2) is 57.2 Å². The lowest BCUT2D eigenvalue weighted by atomic mass is 10.2. The lowest BCUT2D eigenvalue weighted by Gasteiger charge is -2.16. The molecule has 2 saturated carbocycles. The Balaban J connectivity index is 1.37. The Morgan fingerprint density at radius 2 is 2.00 bits per heavy atom. The van der Waals surface area contributed by atoms with Crippen molar-refractivity contribution in [3.63, 3.8) is 0 Å². The monoisotopic (exact) mass is 483 g/mol. The van der Waals surface area contributed by atoms with Crippen LogP contribution in [0, 0.1) is 5.92 Å². The van der Waals surface area contributed by atoms with E-state index >= 15 is 0 Å². The van der Waals surface area contributed by atoms with Crippen molar-refractivity contribution in [2.24, 2.45) is 10.3 Å². The number of nitrogens with zero attached hydrogens (tertiary/aromatic N) is 3. The van der Waals surface area contributed by atoms with E-state index in [0.29, 0.717) is 17.7 Å². The van der Waals surface area contributed by atoms with Gasteiger partial charge in [0.1, 0.15) is 5.82 Å². The van der Waals surface area contributed by atoms with Crippen LogP contribution in [0.5, 0.6) is 0 Å². The van der Waals surface area contributed by atoms with Crippen LogP contribution in [-0.4, -0.2) is 43.7 Å². The second-order valence-electron chi connectivity index (χ2n) is 8.83. The fraction of sp³-hybridized carbons (Fsp3) is 0.417. The molecule has 174 valence electrons. The van der Waals surface area contributed by atoms with Gasteiger partial charge in [-0.25, -0.2) is 13.6 Å². The van der Waals surface area contributed by atoms with E-state index in [1.807, 2.05) is 48.7 Å². The summed E-state index contributed by atoms with van der Waals surface area (Å²) >= 11 is 1.62. The minimum atomic E-state index is -2.34. The van der Waals surface area contributed by atoms with E-state index in [1.54, 1.807) is 17.5 Å². The maximum Gasteiger partial charge on any atom is 0.229 e. The Morgan fingerprint density at radius 3 is 2.64 bits per heavy atom. The Bertz CT molecular complexity index is 1210. The third-order valence-corrected chi connectivity index (χ3v) is 9.64. The van der Waals surface area contributed by atoms with Gasteiger partial charge in [-0.15, -0.1) is 11.3 Å². The van der Waals surface area contributed by atoms with Crippen molar-refractivity contribution in [1.82, 2.24) is 9.97 Å². The minimum Gasteiger partial charge on any atom is -0.394 e. The normalized spacial score (nSPS) is 18.4. The number of thiophene rings is 1. The maximum atomic E-state index is 13.6. The Hall–Kier alpha value is -2.49. The summed E-state index contributed by atoms with van der Waals surface area (Å²) in [4.78, 5) is 11.0. The van der Waals surface area contributed by atoms with E-state index in [2.05, 4.69) is 20.6 Å². The fourth-order valence-electron chi connectivity index (χ4n) is 3.58. The van der Waals surface area contributed by atoms with Crippen molar-refractivity contribution in [2.75, 3.05) is 23.8 Å². The fourth-order valence-corrected chi connectivity index (χ4v) is 6.80. The first kappa shape index (κ1) is 22.3. The molecule has 0 radical (unpaired) electrons. The van der Waals surface area contributed by atoms with Crippen LogP contribution in [0.3, 0.4) is 0 Å². The molecule has 1 aromatic carbocycles. The lowest BCUT2D eigenvalue weighted by molar-refractivity contribution is 0.281. The number of anilines is 3. The van der Waals surface area contributed by atoms with Gasteiger partial charge < -0.3 is 15.7 Å². The maximum absolute atomic E-state index is 13.6. The zero-order valence-corrected chi connectivity index (χ0v) is 20.2. The average molecular weight is 484 g/mol. The van der Waals surface area contributed by atoms with Gasteiger partial charge >= 0.3 is 0 Å². The van der Waals surface area contributed by atoms with Gasteiger partial charge in [0.05, 0.1) is 28.4 Å². The van der Waals surface area contributed by atoms with E-state index in [1.165, 1.54) is 12.8 Å². The highest BCUT2D eigenvalue weighted by Gasteiger charge is 2.35. The number of aromatic nitrogens is 2. The lowest BCUT2D eigenvalue weighted by Crippen LogP contribution is -2.21. The van der Waals surface area contributed by atoms with Gasteiger partial charge in [-0.1, -0.05) is 6.07 Å². The van der Waals surface area contributed by atoms with E-state index in [4.69, 9.17) is 4.36 Å². The number of rotatable bonds is 10. The highest BCUT2D eigenvalue weighted by atomic mass is 32.2. The molecule has 5 rings (SSSR count). The molecular weight excluding hydrogens is 454 g/mol. The molecule has 3 aromatic rings. The first-order valence-corrected chi connectivity index (χ1v) is 13.9. The summed E-state index contributed by atoms with van der Waals surface area (Å²) < 4.78 is 18.3. The molecule has 2 aliphatic carbocycles. The van der Waals surface area contributed by atoms with Crippen LogP contribution in [0.1, 0.15) is 32.6 Å². The van der Waals surface area contributed by atoms with Crippen LogP contribution >= 0.6 is 11.3 Å². The van der Waals surface area contributed by atoms with Crippen molar-refractivity contribution in [2.45, 2.75) is 48.8 Å². The molecule has 7 nitrogen and oxygen atoms in total. The summed E-state index contributed by atoms with van der Waals surface area (Å²) in [5.41, 5.74) is 1.72. The smallest absolute Gasteiger partial charge is 0.229 e. The number of aliphatic hydroxyl groups excluding tert-OH is 1. The first-order valence-electron chi connectivity index (χ1n) is 11.4. The number of benzene rings is 1. The Kier molecular flexibility index (Phi) is 6.36. The third-order valence-electron chi connectivity index (χ3n) is 5.88. The van der Waals surface area contributed by atoms with Crippen molar-refractivity contribution >= 4 is 38.5 Å². The third kappa shape index (κ3) is 5.20. The van der Waals surface area contributed by atoms with Gasteiger partial charge in [0.25, 0.3) is 0 Å². The molecule has 9 heteroatoms. The number of aliphatic hydroxyl groups is 1. The van der Waals surface area contributed by atoms with Crippen LogP contribution in [0.25, 0.3) is 10.4 Å². The Morgan fingerprint density at radius 1 is 1.21 bits per heavy atom. The SMILES string of the molecule is C[C@H](CO)Nc1nc(Nc2ccc(S(=O)(=NCC3CC3)C3CC3)cc2)ncc1-c1cccs1. The zero-order chi connectivity index (χ0) is 22.8. The molecule has 0 bridgehead atoms. The predicted molar refractivity (Wildman–Crippen MR) is 135 cm³/mol. The number of hydrogen-bond acceptors (Lipinski definition) is 8. The van der Waals surface area contributed by atoms with Crippen LogP contribution in [-0.2, 0) is 9.73 Å². The highest BCUT2D eigenvalue weighted by Crippen LogP contribution is 2.38.